The van der Waals surface area contributed by atoms with Crippen LogP contribution in [0.4, 0.5) is 0 Å². The van der Waals surface area contributed by atoms with E-state index in [1.165, 1.54) is 6.42 Å². The largest absolute Gasteiger partial charge is 0.466 e. The molecule has 1 heterocycles. The lowest BCUT2D eigenvalue weighted by molar-refractivity contribution is -0.187. The first-order valence-corrected chi connectivity index (χ1v) is 9.08. The third-order valence-electron chi connectivity index (χ3n) is 4.30. The molecule has 1 rings (SSSR count). The Balaban J connectivity index is 2.07. The van der Waals surface area contributed by atoms with Crippen LogP contribution in [-0.2, 0) is 28.5 Å². The van der Waals surface area contributed by atoms with Gasteiger partial charge in [0.1, 0.15) is 13.4 Å². The highest BCUT2D eigenvalue weighted by molar-refractivity contribution is 5.72. The van der Waals surface area contributed by atoms with Crippen LogP contribution in [0.1, 0.15) is 65.2 Å². The molecule has 0 aromatic heterocycles. The monoisotopic (exact) mass is 344 g/mol. The molecule has 1 aliphatic heterocycles. The minimum absolute atomic E-state index is 0.229. The SMILES string of the molecule is CCCCCCOC(=O)CCCC(=O)OCC1(CC)COCOC1. The van der Waals surface area contributed by atoms with Crippen molar-refractivity contribution in [2.45, 2.75) is 65.2 Å². The standard InChI is InChI=1S/C18H32O6/c1-3-5-6-7-11-23-16(19)9-8-10-17(20)24-14-18(4-2)12-21-15-22-13-18/h3-15H2,1-2H3. The normalized spacial score (nSPS) is 16.6. The van der Waals surface area contributed by atoms with Gasteiger partial charge in [0.2, 0.25) is 0 Å². The number of hydrogen-bond acceptors (Lipinski definition) is 6. The molecule has 0 radical (unpaired) electrons. The number of carbonyl (C=O) groups is 2. The number of rotatable bonds is 12. The van der Waals surface area contributed by atoms with E-state index in [1.807, 2.05) is 6.92 Å². The number of carbonyl (C=O) groups excluding carboxylic acids is 2. The first kappa shape index (κ1) is 20.9. The third-order valence-corrected chi connectivity index (χ3v) is 4.30. The van der Waals surface area contributed by atoms with Crippen molar-refractivity contribution in [1.29, 1.82) is 0 Å². The van der Waals surface area contributed by atoms with E-state index in [-0.39, 0.29) is 30.2 Å². The number of esters is 2. The van der Waals surface area contributed by atoms with Crippen molar-refractivity contribution in [2.24, 2.45) is 5.41 Å². The Morgan fingerprint density at radius 3 is 2.21 bits per heavy atom. The molecule has 0 unspecified atom stereocenters. The Labute approximate surface area is 145 Å². The maximum absolute atomic E-state index is 11.8. The average Bonchev–Trinajstić information content (AvgIpc) is 2.60. The Hall–Kier alpha value is -1.14. The van der Waals surface area contributed by atoms with Crippen molar-refractivity contribution in [1.82, 2.24) is 0 Å². The predicted molar refractivity (Wildman–Crippen MR) is 89.4 cm³/mol. The van der Waals surface area contributed by atoms with Crippen molar-refractivity contribution in [3.05, 3.63) is 0 Å². The highest BCUT2D eigenvalue weighted by atomic mass is 16.7. The topological polar surface area (TPSA) is 71.1 Å². The first-order valence-electron chi connectivity index (χ1n) is 9.08. The van der Waals surface area contributed by atoms with Crippen molar-refractivity contribution in [3.8, 4) is 0 Å². The van der Waals surface area contributed by atoms with E-state index in [0.29, 0.717) is 39.6 Å². The van der Waals surface area contributed by atoms with E-state index >= 15 is 0 Å². The zero-order valence-corrected chi connectivity index (χ0v) is 15.1. The van der Waals surface area contributed by atoms with Crippen LogP contribution >= 0.6 is 0 Å². The van der Waals surface area contributed by atoms with Gasteiger partial charge in [-0.1, -0.05) is 33.1 Å². The molecule has 0 aliphatic carbocycles. The summed E-state index contributed by atoms with van der Waals surface area (Å²) in [5.74, 6) is -0.525. The molecule has 0 aromatic rings. The molecule has 1 aliphatic rings. The fourth-order valence-electron chi connectivity index (χ4n) is 2.48. The van der Waals surface area contributed by atoms with E-state index in [1.54, 1.807) is 0 Å². The second-order valence-electron chi connectivity index (χ2n) is 6.46. The van der Waals surface area contributed by atoms with Gasteiger partial charge in [0.25, 0.3) is 0 Å². The third kappa shape index (κ3) is 8.64. The summed E-state index contributed by atoms with van der Waals surface area (Å²) in [6, 6.07) is 0. The molecule has 24 heavy (non-hydrogen) atoms. The summed E-state index contributed by atoms with van der Waals surface area (Å²) in [5, 5.41) is 0. The van der Waals surface area contributed by atoms with Crippen LogP contribution in [0.15, 0.2) is 0 Å². The molecular formula is C18H32O6. The summed E-state index contributed by atoms with van der Waals surface area (Å²) in [6.45, 7) is 6.33. The zero-order chi connectivity index (χ0) is 17.7. The van der Waals surface area contributed by atoms with Crippen molar-refractivity contribution in [3.63, 3.8) is 0 Å². The molecule has 0 saturated carbocycles. The number of unbranched alkanes of at least 4 members (excludes halogenated alkanes) is 3. The molecule has 1 fully saturated rings. The van der Waals surface area contributed by atoms with Crippen molar-refractivity contribution >= 4 is 11.9 Å². The molecule has 1 saturated heterocycles. The molecule has 0 bridgehead atoms. The predicted octanol–water partition coefficient (Wildman–Crippen LogP) is 3.22. The second kappa shape index (κ2) is 12.3. The maximum Gasteiger partial charge on any atom is 0.305 e. The van der Waals surface area contributed by atoms with Gasteiger partial charge in [-0.3, -0.25) is 9.59 Å². The molecule has 0 spiro atoms. The molecule has 0 aromatic carbocycles. The van der Waals surface area contributed by atoms with E-state index in [0.717, 1.165) is 25.7 Å². The van der Waals surface area contributed by atoms with E-state index < -0.39 is 0 Å². The lowest BCUT2D eigenvalue weighted by atomic mass is 9.87. The Morgan fingerprint density at radius 2 is 1.58 bits per heavy atom. The van der Waals surface area contributed by atoms with Crippen LogP contribution in [0.2, 0.25) is 0 Å². The van der Waals surface area contributed by atoms with Gasteiger partial charge in [0, 0.05) is 12.8 Å². The quantitative estimate of drug-likeness (QED) is 0.400. The lowest BCUT2D eigenvalue weighted by Crippen LogP contribution is -2.41. The summed E-state index contributed by atoms with van der Waals surface area (Å²) in [7, 11) is 0. The zero-order valence-electron chi connectivity index (χ0n) is 15.1. The summed E-state index contributed by atoms with van der Waals surface area (Å²) in [6.07, 6.45) is 6.09. The van der Waals surface area contributed by atoms with Crippen LogP contribution < -0.4 is 0 Å². The van der Waals surface area contributed by atoms with E-state index in [4.69, 9.17) is 18.9 Å². The van der Waals surface area contributed by atoms with Gasteiger partial charge in [-0.2, -0.15) is 0 Å². The summed E-state index contributed by atoms with van der Waals surface area (Å²) in [4.78, 5) is 23.4. The summed E-state index contributed by atoms with van der Waals surface area (Å²) in [5.41, 5.74) is -0.245. The number of hydrogen-bond donors (Lipinski definition) is 0. The van der Waals surface area contributed by atoms with Gasteiger partial charge < -0.3 is 18.9 Å². The van der Waals surface area contributed by atoms with Gasteiger partial charge in [0.05, 0.1) is 25.2 Å². The Kier molecular flexibility index (Phi) is 10.7. The molecule has 0 atom stereocenters. The first-order chi connectivity index (χ1) is 11.6. The highest BCUT2D eigenvalue weighted by Crippen LogP contribution is 2.26. The van der Waals surface area contributed by atoms with Crippen LogP contribution in [0.25, 0.3) is 0 Å². The van der Waals surface area contributed by atoms with Gasteiger partial charge >= 0.3 is 11.9 Å². The van der Waals surface area contributed by atoms with Crippen molar-refractivity contribution < 1.29 is 28.5 Å². The number of ether oxygens (including phenoxy) is 4. The van der Waals surface area contributed by atoms with Crippen LogP contribution in [0.3, 0.4) is 0 Å². The lowest BCUT2D eigenvalue weighted by Gasteiger charge is -2.35. The molecule has 0 N–H and O–H groups in total. The summed E-state index contributed by atoms with van der Waals surface area (Å²) >= 11 is 0. The van der Waals surface area contributed by atoms with Gasteiger partial charge in [-0.25, -0.2) is 0 Å². The fraction of sp³-hybridized carbons (Fsp3) is 0.889. The van der Waals surface area contributed by atoms with Crippen LogP contribution in [0.5, 0.6) is 0 Å². The minimum Gasteiger partial charge on any atom is -0.466 e. The van der Waals surface area contributed by atoms with Gasteiger partial charge in [-0.15, -0.1) is 0 Å². The molecular weight excluding hydrogens is 312 g/mol. The van der Waals surface area contributed by atoms with E-state index in [2.05, 4.69) is 6.92 Å². The maximum atomic E-state index is 11.8. The fourth-order valence-corrected chi connectivity index (χ4v) is 2.48. The molecule has 140 valence electrons. The van der Waals surface area contributed by atoms with Gasteiger partial charge in [0.15, 0.2) is 0 Å². The van der Waals surface area contributed by atoms with Crippen LogP contribution in [0, 0.1) is 5.41 Å². The van der Waals surface area contributed by atoms with Gasteiger partial charge in [-0.05, 0) is 19.3 Å². The molecule has 6 heteroatoms. The minimum atomic E-state index is -0.288. The van der Waals surface area contributed by atoms with Crippen molar-refractivity contribution in [2.75, 3.05) is 33.2 Å². The Bertz CT molecular complexity index is 363. The highest BCUT2D eigenvalue weighted by Gasteiger charge is 2.33. The molecule has 6 nitrogen and oxygen atoms in total. The smallest absolute Gasteiger partial charge is 0.305 e. The average molecular weight is 344 g/mol. The van der Waals surface area contributed by atoms with Crippen LogP contribution in [-0.4, -0.2) is 45.2 Å². The second-order valence-corrected chi connectivity index (χ2v) is 6.46. The molecule has 0 amide bonds. The van der Waals surface area contributed by atoms with E-state index in [9.17, 15) is 9.59 Å². The Morgan fingerprint density at radius 1 is 0.917 bits per heavy atom. The summed E-state index contributed by atoms with van der Waals surface area (Å²) < 4.78 is 21.1.